The van der Waals surface area contributed by atoms with Crippen molar-refractivity contribution in [3.05, 3.63) is 68.1 Å². The van der Waals surface area contributed by atoms with E-state index < -0.39 is 23.4 Å². The predicted molar refractivity (Wildman–Crippen MR) is 138 cm³/mol. The molecule has 2 aliphatic rings. The second-order valence-electron chi connectivity index (χ2n) is 9.38. The Morgan fingerprint density at radius 1 is 1.24 bits per heavy atom. The summed E-state index contributed by atoms with van der Waals surface area (Å²) in [5.41, 5.74) is 2.73. The number of hydrogen-bond donors (Lipinski definition) is 2. The molecule has 0 saturated carbocycles. The first-order chi connectivity index (χ1) is 18.1. The maximum Gasteiger partial charge on any atom is 0.354 e. The van der Waals surface area contributed by atoms with Crippen LogP contribution in [0.25, 0.3) is 28.4 Å². The third-order valence-electron chi connectivity index (χ3n) is 7.21. The quantitative estimate of drug-likeness (QED) is 0.304. The standard InChI is InChI=1S/C28H27N3O7/c1-5-16-17-9-15(10-22(26(34)37-4)29-14(3)32)7-8-21(17)30-24-18(16)12-31-23(24)11-20-19(25(31)33)13-38-27(35)28(20,36)6-2/h7-11,36H,5-6,12-13H2,1-4H3,(H,29,32). The van der Waals surface area contributed by atoms with E-state index in [2.05, 4.69) is 5.32 Å². The number of nitrogens with zero attached hydrogens (tertiary/aromatic N) is 2. The lowest BCUT2D eigenvalue weighted by atomic mass is 9.86. The van der Waals surface area contributed by atoms with Crippen LogP contribution in [0.3, 0.4) is 0 Å². The van der Waals surface area contributed by atoms with Crippen LogP contribution < -0.4 is 10.9 Å². The zero-order valence-corrected chi connectivity index (χ0v) is 21.5. The molecule has 1 aromatic carbocycles. The number of carbonyl (C=O) groups is 3. The molecular weight excluding hydrogens is 490 g/mol. The first-order valence-electron chi connectivity index (χ1n) is 12.3. The fourth-order valence-electron chi connectivity index (χ4n) is 5.29. The van der Waals surface area contributed by atoms with Gasteiger partial charge < -0.3 is 24.5 Å². The van der Waals surface area contributed by atoms with Crippen LogP contribution in [0.15, 0.2) is 34.8 Å². The minimum Gasteiger partial charge on any atom is -0.464 e. The Hall–Kier alpha value is -4.31. The molecular formula is C28H27N3O7. The molecule has 0 aliphatic carbocycles. The largest absolute Gasteiger partial charge is 0.464 e. The first kappa shape index (κ1) is 25.3. The van der Waals surface area contributed by atoms with E-state index in [0.29, 0.717) is 35.4 Å². The molecule has 10 nitrogen and oxygen atoms in total. The molecule has 3 aromatic rings. The number of rotatable bonds is 5. The molecule has 1 atom stereocenters. The van der Waals surface area contributed by atoms with E-state index in [-0.39, 0.29) is 35.4 Å². The second-order valence-corrected chi connectivity index (χ2v) is 9.38. The molecule has 2 N–H and O–H groups in total. The average Bonchev–Trinajstić information content (AvgIpc) is 3.27. The highest BCUT2D eigenvalue weighted by molar-refractivity contribution is 5.98. The number of carbonyl (C=O) groups excluding carboxylic acids is 3. The van der Waals surface area contributed by atoms with Gasteiger partial charge in [0.2, 0.25) is 5.91 Å². The van der Waals surface area contributed by atoms with Crippen LogP contribution >= 0.6 is 0 Å². The fourth-order valence-corrected chi connectivity index (χ4v) is 5.29. The molecule has 0 bridgehead atoms. The van der Waals surface area contributed by atoms with Gasteiger partial charge in [0.15, 0.2) is 5.60 Å². The summed E-state index contributed by atoms with van der Waals surface area (Å²) in [5.74, 6) is -1.83. The fraction of sp³-hybridized carbons (Fsp3) is 0.321. The second kappa shape index (κ2) is 9.21. The highest BCUT2D eigenvalue weighted by atomic mass is 16.6. The highest BCUT2D eigenvalue weighted by Gasteiger charge is 2.45. The molecule has 2 aliphatic heterocycles. The van der Waals surface area contributed by atoms with Crippen molar-refractivity contribution in [3.63, 3.8) is 0 Å². The smallest absolute Gasteiger partial charge is 0.354 e. The third-order valence-corrected chi connectivity index (χ3v) is 7.21. The maximum absolute atomic E-state index is 13.5. The lowest BCUT2D eigenvalue weighted by Crippen LogP contribution is -2.44. The SMILES string of the molecule is CCc1c2c(nc3ccc(C=C(NC(C)=O)C(=O)OC)cc13)-c1cc3c(c(=O)n1C2)COC(=O)C3(O)CC. The van der Waals surface area contributed by atoms with Crippen LogP contribution in [0.1, 0.15) is 55.0 Å². The summed E-state index contributed by atoms with van der Waals surface area (Å²) in [6, 6.07) is 7.15. The summed E-state index contributed by atoms with van der Waals surface area (Å²) in [4.78, 5) is 54.5. The summed E-state index contributed by atoms with van der Waals surface area (Å²) in [5, 5.41) is 14.4. The van der Waals surface area contributed by atoms with Gasteiger partial charge >= 0.3 is 11.9 Å². The third kappa shape index (κ3) is 3.79. The van der Waals surface area contributed by atoms with Gasteiger partial charge in [-0.2, -0.15) is 0 Å². The number of pyridine rings is 2. The number of amides is 1. The Kier molecular flexibility index (Phi) is 6.15. The number of aryl methyl sites for hydroxylation is 1. The zero-order chi connectivity index (χ0) is 27.4. The number of aromatic nitrogens is 2. The van der Waals surface area contributed by atoms with Crippen LogP contribution in [-0.2, 0) is 49.0 Å². The topological polar surface area (TPSA) is 137 Å². The van der Waals surface area contributed by atoms with Crippen LogP contribution in [0, 0.1) is 0 Å². The van der Waals surface area contributed by atoms with Crippen molar-refractivity contribution >= 4 is 34.8 Å². The Morgan fingerprint density at radius 3 is 2.66 bits per heavy atom. The molecule has 4 heterocycles. The molecule has 0 spiro atoms. The molecule has 38 heavy (non-hydrogen) atoms. The molecule has 0 radical (unpaired) electrons. The van der Waals surface area contributed by atoms with E-state index in [0.717, 1.165) is 16.5 Å². The van der Waals surface area contributed by atoms with E-state index in [1.165, 1.54) is 20.1 Å². The summed E-state index contributed by atoms with van der Waals surface area (Å²) < 4.78 is 11.5. The van der Waals surface area contributed by atoms with Gasteiger partial charge in [-0.05, 0) is 48.2 Å². The van der Waals surface area contributed by atoms with Crippen molar-refractivity contribution in [1.29, 1.82) is 0 Å². The Labute approximate surface area is 217 Å². The van der Waals surface area contributed by atoms with Crippen LogP contribution in [0.4, 0.5) is 0 Å². The van der Waals surface area contributed by atoms with Gasteiger partial charge in [-0.25, -0.2) is 14.6 Å². The van der Waals surface area contributed by atoms with Crippen molar-refractivity contribution < 1.29 is 29.0 Å². The van der Waals surface area contributed by atoms with Gasteiger partial charge in [0, 0.05) is 23.4 Å². The Morgan fingerprint density at radius 2 is 2.00 bits per heavy atom. The van der Waals surface area contributed by atoms with Crippen LogP contribution in [0.5, 0.6) is 0 Å². The number of esters is 2. The van der Waals surface area contributed by atoms with Crippen molar-refractivity contribution in [2.75, 3.05) is 7.11 Å². The van der Waals surface area contributed by atoms with E-state index in [1.807, 2.05) is 19.1 Å². The lowest BCUT2D eigenvalue weighted by Gasteiger charge is -2.31. The minimum absolute atomic E-state index is 0.0104. The van der Waals surface area contributed by atoms with Crippen molar-refractivity contribution in [2.24, 2.45) is 0 Å². The number of fused-ring (bicyclic) bond motifs is 5. The molecule has 0 fully saturated rings. The molecule has 0 saturated heterocycles. The molecule has 196 valence electrons. The molecule has 2 aromatic heterocycles. The van der Waals surface area contributed by atoms with Gasteiger partial charge in [0.1, 0.15) is 12.3 Å². The van der Waals surface area contributed by atoms with Gasteiger partial charge in [0.05, 0.1) is 36.1 Å². The maximum atomic E-state index is 13.5. The van der Waals surface area contributed by atoms with Gasteiger partial charge in [-0.1, -0.05) is 19.9 Å². The van der Waals surface area contributed by atoms with E-state index in [1.54, 1.807) is 23.6 Å². The lowest BCUT2D eigenvalue weighted by molar-refractivity contribution is -0.172. The monoisotopic (exact) mass is 517 g/mol. The molecule has 1 unspecified atom stereocenters. The summed E-state index contributed by atoms with van der Waals surface area (Å²) in [6.45, 7) is 5.09. The number of hydrogen-bond acceptors (Lipinski definition) is 8. The van der Waals surface area contributed by atoms with Gasteiger partial charge in [-0.15, -0.1) is 0 Å². The molecule has 5 rings (SSSR count). The average molecular weight is 518 g/mol. The number of benzene rings is 1. The number of ether oxygens (including phenoxy) is 2. The highest BCUT2D eigenvalue weighted by Crippen LogP contribution is 2.40. The number of nitrogens with one attached hydrogen (secondary N) is 1. The van der Waals surface area contributed by atoms with E-state index >= 15 is 0 Å². The number of aliphatic hydroxyl groups is 1. The zero-order valence-electron chi connectivity index (χ0n) is 21.5. The normalized spacial score (nSPS) is 17.9. The van der Waals surface area contributed by atoms with Crippen molar-refractivity contribution in [1.82, 2.24) is 14.9 Å². The van der Waals surface area contributed by atoms with Crippen LogP contribution in [0.2, 0.25) is 0 Å². The molecule has 1 amide bonds. The summed E-state index contributed by atoms with van der Waals surface area (Å²) >= 11 is 0. The van der Waals surface area contributed by atoms with Crippen LogP contribution in [-0.4, -0.2) is 39.6 Å². The van der Waals surface area contributed by atoms with Gasteiger partial charge in [0.25, 0.3) is 5.56 Å². The first-order valence-corrected chi connectivity index (χ1v) is 12.3. The van der Waals surface area contributed by atoms with E-state index in [9.17, 15) is 24.3 Å². The number of cyclic esters (lactones) is 1. The number of methoxy groups -OCH3 is 1. The minimum atomic E-state index is -1.89. The Balaban J connectivity index is 1.69. The van der Waals surface area contributed by atoms with E-state index in [4.69, 9.17) is 14.5 Å². The van der Waals surface area contributed by atoms with Crippen molar-refractivity contribution in [3.8, 4) is 11.4 Å². The summed E-state index contributed by atoms with van der Waals surface area (Å²) in [7, 11) is 1.24. The Bertz CT molecular complexity index is 1640. The predicted octanol–water partition coefficient (Wildman–Crippen LogP) is 2.29. The van der Waals surface area contributed by atoms with Crippen molar-refractivity contribution in [2.45, 2.75) is 52.4 Å². The van der Waals surface area contributed by atoms with Gasteiger partial charge in [-0.3, -0.25) is 9.59 Å². The summed E-state index contributed by atoms with van der Waals surface area (Å²) in [6.07, 6.45) is 2.25. The molecule has 10 heteroatoms.